The number of nitrogens with zero attached hydrogens (tertiary/aromatic N) is 1. The highest BCUT2D eigenvalue weighted by Gasteiger charge is 2.23. The molecule has 3 nitrogen and oxygen atoms in total. The van der Waals surface area contributed by atoms with Crippen molar-refractivity contribution in [1.82, 2.24) is 4.90 Å². The van der Waals surface area contributed by atoms with Crippen LogP contribution >= 0.6 is 0 Å². The molecule has 1 saturated carbocycles. The van der Waals surface area contributed by atoms with Crippen LogP contribution in [0.4, 0.5) is 0 Å². The number of aromatic carboxylic acids is 1. The van der Waals surface area contributed by atoms with Gasteiger partial charge in [-0.2, -0.15) is 0 Å². The maximum Gasteiger partial charge on any atom is 0.335 e. The number of hydrogen-bond donors (Lipinski definition) is 1. The predicted octanol–water partition coefficient (Wildman–Crippen LogP) is 4.88. The fraction of sp³-hybridized carbons (Fsp3) is 0.650. The lowest BCUT2D eigenvalue weighted by Crippen LogP contribution is -2.36. The van der Waals surface area contributed by atoms with Crippen molar-refractivity contribution in [3.63, 3.8) is 0 Å². The number of carboxylic acids is 1. The summed E-state index contributed by atoms with van der Waals surface area (Å²) in [5, 5.41) is 9.50. The van der Waals surface area contributed by atoms with Gasteiger partial charge in [-0.25, -0.2) is 4.79 Å². The highest BCUT2D eigenvalue weighted by atomic mass is 16.4. The minimum atomic E-state index is -0.816. The van der Waals surface area contributed by atoms with Crippen LogP contribution < -0.4 is 0 Å². The first-order valence-electron chi connectivity index (χ1n) is 8.98. The van der Waals surface area contributed by atoms with E-state index in [2.05, 4.69) is 38.8 Å². The lowest BCUT2D eigenvalue weighted by atomic mass is 9.85. The first-order valence-corrected chi connectivity index (χ1v) is 8.98. The molecule has 0 aromatic heterocycles. The average molecular weight is 317 g/mol. The number of rotatable bonds is 6. The van der Waals surface area contributed by atoms with Gasteiger partial charge in [0.25, 0.3) is 0 Å². The van der Waals surface area contributed by atoms with Crippen LogP contribution in [0.1, 0.15) is 86.2 Å². The molecule has 0 bridgehead atoms. The first kappa shape index (κ1) is 18.0. The maximum absolute atomic E-state index is 11.6. The predicted molar refractivity (Wildman–Crippen MR) is 95.4 cm³/mol. The Morgan fingerprint density at radius 2 is 1.87 bits per heavy atom. The van der Waals surface area contributed by atoms with E-state index in [1.807, 2.05) is 6.07 Å². The van der Waals surface area contributed by atoms with E-state index in [0.717, 1.165) is 12.1 Å². The van der Waals surface area contributed by atoms with Gasteiger partial charge in [-0.3, -0.25) is 0 Å². The molecule has 1 N–H and O–H groups in total. The van der Waals surface area contributed by atoms with E-state index >= 15 is 0 Å². The molecule has 0 aliphatic heterocycles. The van der Waals surface area contributed by atoms with E-state index in [4.69, 9.17) is 0 Å². The van der Waals surface area contributed by atoms with Crippen molar-refractivity contribution < 1.29 is 9.90 Å². The maximum atomic E-state index is 11.6. The second kappa shape index (κ2) is 7.96. The second-order valence-corrected chi connectivity index (χ2v) is 7.40. The molecule has 23 heavy (non-hydrogen) atoms. The average Bonchev–Trinajstić information content (AvgIpc) is 2.54. The molecule has 0 amide bonds. The third kappa shape index (κ3) is 4.35. The van der Waals surface area contributed by atoms with Gasteiger partial charge >= 0.3 is 5.97 Å². The van der Waals surface area contributed by atoms with Crippen molar-refractivity contribution in [2.45, 2.75) is 70.8 Å². The van der Waals surface area contributed by atoms with Gasteiger partial charge in [-0.15, -0.1) is 0 Å². The van der Waals surface area contributed by atoms with E-state index < -0.39 is 5.97 Å². The third-order valence-corrected chi connectivity index (χ3v) is 5.24. The Balaban J connectivity index is 2.19. The molecule has 128 valence electrons. The minimum Gasteiger partial charge on any atom is -0.478 e. The van der Waals surface area contributed by atoms with Gasteiger partial charge in [0, 0.05) is 12.6 Å². The van der Waals surface area contributed by atoms with E-state index in [9.17, 15) is 9.90 Å². The zero-order valence-corrected chi connectivity index (χ0v) is 15.0. The van der Waals surface area contributed by atoms with E-state index in [0.29, 0.717) is 17.5 Å². The Kier molecular flexibility index (Phi) is 6.23. The number of likely N-dealkylation sites (N-methyl/N-ethyl adjacent to an activating group) is 1. The lowest BCUT2D eigenvalue weighted by Gasteiger charge is -2.33. The van der Waals surface area contributed by atoms with E-state index in [1.165, 1.54) is 37.7 Å². The summed E-state index contributed by atoms with van der Waals surface area (Å²) in [4.78, 5) is 14.0. The lowest BCUT2D eigenvalue weighted by molar-refractivity contribution is 0.0695. The van der Waals surface area contributed by atoms with Crippen LogP contribution in [0.25, 0.3) is 0 Å². The van der Waals surface area contributed by atoms with Crippen molar-refractivity contribution in [1.29, 1.82) is 0 Å². The first-order chi connectivity index (χ1) is 10.9. The molecule has 1 aliphatic carbocycles. The zero-order valence-electron chi connectivity index (χ0n) is 15.0. The molecule has 1 fully saturated rings. The van der Waals surface area contributed by atoms with Gasteiger partial charge in [0.15, 0.2) is 0 Å². The van der Waals surface area contributed by atoms with E-state index in [1.54, 1.807) is 6.07 Å². The number of hydrogen-bond acceptors (Lipinski definition) is 2. The van der Waals surface area contributed by atoms with Gasteiger partial charge in [-0.05, 0) is 48.9 Å². The van der Waals surface area contributed by atoms with Crippen molar-refractivity contribution in [3.05, 3.63) is 34.9 Å². The van der Waals surface area contributed by atoms with Crippen molar-refractivity contribution >= 4 is 5.97 Å². The highest BCUT2D eigenvalue weighted by molar-refractivity contribution is 5.90. The summed E-state index contributed by atoms with van der Waals surface area (Å²) in [6.07, 6.45) is 6.66. The molecule has 1 atom stereocenters. The second-order valence-electron chi connectivity index (χ2n) is 7.40. The van der Waals surface area contributed by atoms with Crippen LogP contribution in [0.3, 0.4) is 0 Å². The summed E-state index contributed by atoms with van der Waals surface area (Å²) in [6.45, 7) is 7.39. The van der Waals surface area contributed by atoms with Crippen LogP contribution in [-0.2, 0) is 0 Å². The summed E-state index contributed by atoms with van der Waals surface area (Å²) in [7, 11) is 2.22. The quantitative estimate of drug-likeness (QED) is 0.813. The van der Waals surface area contributed by atoms with Crippen LogP contribution in [0.2, 0.25) is 0 Å². The standard InChI is InChI=1S/C20H31NO2/c1-14(2)19-17(11-8-12-18(19)20(22)23)15(3)13-21(4)16-9-6-5-7-10-16/h8,11-12,14-16H,5-7,9-10,13H2,1-4H3,(H,22,23). The molecule has 1 aromatic rings. The third-order valence-electron chi connectivity index (χ3n) is 5.24. The topological polar surface area (TPSA) is 40.5 Å². The summed E-state index contributed by atoms with van der Waals surface area (Å²) >= 11 is 0. The Labute approximate surface area is 140 Å². The van der Waals surface area contributed by atoms with Crippen molar-refractivity contribution in [3.8, 4) is 0 Å². The number of carbonyl (C=O) groups is 1. The van der Waals surface area contributed by atoms with Crippen molar-refractivity contribution in [2.75, 3.05) is 13.6 Å². The Hall–Kier alpha value is -1.35. The normalized spacial score (nSPS) is 17.7. The Morgan fingerprint density at radius 1 is 1.22 bits per heavy atom. The smallest absolute Gasteiger partial charge is 0.335 e. The molecule has 1 aromatic carbocycles. The minimum absolute atomic E-state index is 0.222. The molecular weight excluding hydrogens is 286 g/mol. The zero-order chi connectivity index (χ0) is 17.0. The fourth-order valence-electron chi connectivity index (χ4n) is 4.04. The molecule has 0 spiro atoms. The highest BCUT2D eigenvalue weighted by Crippen LogP contribution is 2.31. The monoisotopic (exact) mass is 317 g/mol. The fourth-order valence-corrected chi connectivity index (χ4v) is 4.04. The molecule has 1 unspecified atom stereocenters. The number of benzene rings is 1. The Morgan fingerprint density at radius 3 is 2.43 bits per heavy atom. The summed E-state index contributed by atoms with van der Waals surface area (Å²) in [5.74, 6) is -0.248. The van der Waals surface area contributed by atoms with Crippen LogP contribution in [0, 0.1) is 0 Å². The molecule has 0 heterocycles. The summed E-state index contributed by atoms with van der Waals surface area (Å²) in [5.41, 5.74) is 2.66. The number of carboxylic acid groups (broad SMARTS) is 1. The van der Waals surface area contributed by atoms with Crippen LogP contribution in [0.15, 0.2) is 18.2 Å². The molecule has 1 aliphatic rings. The SMILES string of the molecule is CC(C)c1c(C(=O)O)cccc1C(C)CN(C)C1CCCCC1. The van der Waals surface area contributed by atoms with Crippen LogP contribution in [-0.4, -0.2) is 35.6 Å². The molecule has 0 radical (unpaired) electrons. The molecule has 3 heteroatoms. The van der Waals surface area contributed by atoms with Gasteiger partial charge in [0.2, 0.25) is 0 Å². The molecule has 0 saturated heterocycles. The summed E-state index contributed by atoms with van der Waals surface area (Å²) in [6, 6.07) is 6.43. The molecular formula is C20H31NO2. The molecule has 2 rings (SSSR count). The summed E-state index contributed by atoms with van der Waals surface area (Å²) < 4.78 is 0. The van der Waals surface area contributed by atoms with Gasteiger partial charge < -0.3 is 10.0 Å². The van der Waals surface area contributed by atoms with E-state index in [-0.39, 0.29) is 5.92 Å². The largest absolute Gasteiger partial charge is 0.478 e. The van der Waals surface area contributed by atoms with Crippen LogP contribution in [0.5, 0.6) is 0 Å². The van der Waals surface area contributed by atoms with Gasteiger partial charge in [-0.1, -0.05) is 52.2 Å². The Bertz CT molecular complexity index is 532. The van der Waals surface area contributed by atoms with Gasteiger partial charge in [0.05, 0.1) is 5.56 Å². The van der Waals surface area contributed by atoms with Gasteiger partial charge in [0.1, 0.15) is 0 Å². The van der Waals surface area contributed by atoms with Crippen molar-refractivity contribution in [2.24, 2.45) is 0 Å².